The van der Waals surface area contributed by atoms with Crippen LogP contribution in [0, 0.1) is 5.92 Å². The summed E-state index contributed by atoms with van der Waals surface area (Å²) in [5, 5.41) is 3.45. The third-order valence-corrected chi connectivity index (χ3v) is 4.71. The van der Waals surface area contributed by atoms with Gasteiger partial charge in [0.1, 0.15) is 5.54 Å². The fourth-order valence-electron chi connectivity index (χ4n) is 3.11. The fourth-order valence-corrected chi connectivity index (χ4v) is 3.29. The minimum atomic E-state index is -0.692. The van der Waals surface area contributed by atoms with E-state index in [0.29, 0.717) is 16.6 Å². The van der Waals surface area contributed by atoms with E-state index >= 15 is 0 Å². The Hall–Kier alpha value is -1.62. The highest BCUT2D eigenvalue weighted by molar-refractivity contribution is 6.30. The van der Waals surface area contributed by atoms with Gasteiger partial charge in [-0.1, -0.05) is 18.5 Å². The minimum Gasteiger partial charge on any atom is -0.323 e. The molecule has 3 amide bonds. The number of hydrogen-bond donors (Lipinski definition) is 1. The zero-order valence-corrected chi connectivity index (χ0v) is 12.7. The second-order valence-electron chi connectivity index (χ2n) is 6.05. The molecule has 0 atom stereocenters. The van der Waals surface area contributed by atoms with Gasteiger partial charge in [-0.15, -0.1) is 0 Å². The second-order valence-corrected chi connectivity index (χ2v) is 6.49. The summed E-state index contributed by atoms with van der Waals surface area (Å²) in [6.45, 7) is 2.35. The molecule has 0 unspecified atom stereocenters. The van der Waals surface area contributed by atoms with Gasteiger partial charge in [0.05, 0.1) is 12.2 Å². The molecule has 6 heteroatoms. The molecule has 5 nitrogen and oxygen atoms in total. The van der Waals surface area contributed by atoms with Crippen molar-refractivity contribution in [2.75, 3.05) is 0 Å². The summed E-state index contributed by atoms with van der Waals surface area (Å²) >= 11 is 5.92. The predicted octanol–water partition coefficient (Wildman–Crippen LogP) is 2.74. The predicted molar refractivity (Wildman–Crippen MR) is 78.7 cm³/mol. The summed E-state index contributed by atoms with van der Waals surface area (Å²) in [6, 6.07) is 3.02. The number of nitrogens with zero attached hydrogens (tertiary/aromatic N) is 2. The lowest BCUT2D eigenvalue weighted by Gasteiger charge is -2.33. The van der Waals surface area contributed by atoms with Gasteiger partial charge in [-0.05, 0) is 43.7 Å². The van der Waals surface area contributed by atoms with Gasteiger partial charge in [0, 0.05) is 11.2 Å². The van der Waals surface area contributed by atoms with Crippen LogP contribution in [0.5, 0.6) is 0 Å². The summed E-state index contributed by atoms with van der Waals surface area (Å²) in [6.07, 6.45) is 4.95. The molecule has 2 heterocycles. The smallest absolute Gasteiger partial charge is 0.323 e. The summed E-state index contributed by atoms with van der Waals surface area (Å²) in [5.74, 6) is 0.491. The van der Waals surface area contributed by atoms with Crippen molar-refractivity contribution in [1.82, 2.24) is 15.2 Å². The molecule has 21 heavy (non-hydrogen) atoms. The largest absolute Gasteiger partial charge is 0.325 e. The van der Waals surface area contributed by atoms with Crippen molar-refractivity contribution in [2.24, 2.45) is 5.92 Å². The van der Waals surface area contributed by atoms with Crippen LogP contribution in [0.3, 0.4) is 0 Å². The van der Waals surface area contributed by atoms with Gasteiger partial charge in [0.2, 0.25) is 0 Å². The quantitative estimate of drug-likeness (QED) is 0.855. The first kappa shape index (κ1) is 14.3. The summed E-state index contributed by atoms with van der Waals surface area (Å²) < 4.78 is 0. The topological polar surface area (TPSA) is 62.3 Å². The van der Waals surface area contributed by atoms with Crippen LogP contribution in [0.2, 0.25) is 5.02 Å². The standard InChI is InChI=1S/C15H18ClN3O2/c1-10-2-5-15(6-3-10)13(20)19(14(21)18-15)9-12-8-11(16)4-7-17-12/h4,7-8,10H,2-3,5-6,9H2,1H3,(H,18,21). The van der Waals surface area contributed by atoms with E-state index in [-0.39, 0.29) is 18.5 Å². The van der Waals surface area contributed by atoms with Crippen LogP contribution in [0.15, 0.2) is 18.3 Å². The van der Waals surface area contributed by atoms with E-state index in [2.05, 4.69) is 17.2 Å². The molecule has 1 N–H and O–H groups in total. The Balaban J connectivity index is 1.78. The summed E-state index contributed by atoms with van der Waals surface area (Å²) in [4.78, 5) is 30.3. The number of halogens is 1. The van der Waals surface area contributed by atoms with E-state index in [1.807, 2.05) is 0 Å². The van der Waals surface area contributed by atoms with E-state index in [1.54, 1.807) is 18.3 Å². The van der Waals surface area contributed by atoms with Gasteiger partial charge in [0.15, 0.2) is 0 Å². The van der Waals surface area contributed by atoms with Crippen molar-refractivity contribution in [2.45, 2.75) is 44.7 Å². The molecule has 1 aliphatic heterocycles. The molecule has 0 aromatic carbocycles. The molecule has 1 aromatic heterocycles. The van der Waals surface area contributed by atoms with Crippen LogP contribution < -0.4 is 5.32 Å². The second kappa shape index (κ2) is 5.30. The number of aromatic nitrogens is 1. The van der Waals surface area contributed by atoms with Gasteiger partial charge in [-0.2, -0.15) is 0 Å². The monoisotopic (exact) mass is 307 g/mol. The van der Waals surface area contributed by atoms with Gasteiger partial charge < -0.3 is 5.32 Å². The van der Waals surface area contributed by atoms with Gasteiger partial charge >= 0.3 is 6.03 Å². The SMILES string of the molecule is CC1CCC2(CC1)NC(=O)N(Cc1cc(Cl)ccn1)C2=O. The van der Waals surface area contributed by atoms with Gasteiger partial charge in [-0.25, -0.2) is 4.79 Å². The maximum atomic E-state index is 12.7. The molecular weight excluding hydrogens is 290 g/mol. The Morgan fingerprint density at radius 3 is 2.81 bits per heavy atom. The Morgan fingerprint density at radius 2 is 2.14 bits per heavy atom. The van der Waals surface area contributed by atoms with E-state index < -0.39 is 5.54 Å². The first-order chi connectivity index (χ1) is 10.00. The van der Waals surface area contributed by atoms with Crippen LogP contribution in [0.25, 0.3) is 0 Å². The molecule has 0 radical (unpaired) electrons. The highest BCUT2D eigenvalue weighted by Crippen LogP contribution is 2.36. The molecule has 112 valence electrons. The normalized spacial score (nSPS) is 29.0. The number of imide groups is 1. The Kier molecular flexibility index (Phi) is 3.61. The molecule has 0 bridgehead atoms. The van der Waals surface area contributed by atoms with E-state index in [4.69, 9.17) is 11.6 Å². The van der Waals surface area contributed by atoms with E-state index in [0.717, 1.165) is 25.7 Å². The Bertz CT molecular complexity index is 582. The molecule has 3 rings (SSSR count). The number of nitrogens with one attached hydrogen (secondary N) is 1. The van der Waals surface area contributed by atoms with Crippen LogP contribution in [-0.4, -0.2) is 27.4 Å². The van der Waals surface area contributed by atoms with Crippen molar-refractivity contribution >= 4 is 23.5 Å². The van der Waals surface area contributed by atoms with Crippen molar-refractivity contribution in [3.05, 3.63) is 29.0 Å². The first-order valence-electron chi connectivity index (χ1n) is 7.25. The van der Waals surface area contributed by atoms with Crippen LogP contribution in [-0.2, 0) is 11.3 Å². The van der Waals surface area contributed by atoms with E-state index in [1.165, 1.54) is 4.90 Å². The lowest BCUT2D eigenvalue weighted by molar-refractivity contribution is -0.133. The summed E-state index contributed by atoms with van der Waals surface area (Å²) in [5.41, 5.74) is -0.0745. The minimum absolute atomic E-state index is 0.124. The lowest BCUT2D eigenvalue weighted by atomic mass is 9.77. The number of rotatable bonds is 2. The maximum Gasteiger partial charge on any atom is 0.325 e. The Labute approximate surface area is 128 Å². The Morgan fingerprint density at radius 1 is 1.43 bits per heavy atom. The molecule has 1 saturated heterocycles. The number of hydrogen-bond acceptors (Lipinski definition) is 3. The molecule has 1 spiro atoms. The number of amides is 3. The van der Waals surface area contributed by atoms with Crippen LogP contribution in [0.1, 0.15) is 38.3 Å². The third kappa shape index (κ3) is 2.62. The van der Waals surface area contributed by atoms with Gasteiger partial charge in [-0.3, -0.25) is 14.7 Å². The molecule has 1 aromatic rings. The first-order valence-corrected chi connectivity index (χ1v) is 7.62. The summed E-state index contributed by atoms with van der Waals surface area (Å²) in [7, 11) is 0. The number of urea groups is 1. The highest BCUT2D eigenvalue weighted by atomic mass is 35.5. The van der Waals surface area contributed by atoms with Crippen molar-refractivity contribution < 1.29 is 9.59 Å². The molecular formula is C15H18ClN3O2. The molecule has 2 fully saturated rings. The molecule has 2 aliphatic rings. The average molecular weight is 308 g/mol. The fraction of sp³-hybridized carbons (Fsp3) is 0.533. The van der Waals surface area contributed by atoms with Crippen molar-refractivity contribution in [3.63, 3.8) is 0 Å². The number of carbonyl (C=O) groups excluding carboxylic acids is 2. The van der Waals surface area contributed by atoms with Crippen molar-refractivity contribution in [1.29, 1.82) is 0 Å². The number of pyridine rings is 1. The van der Waals surface area contributed by atoms with Gasteiger partial charge in [0.25, 0.3) is 5.91 Å². The zero-order valence-electron chi connectivity index (χ0n) is 11.9. The molecule has 1 aliphatic carbocycles. The number of carbonyl (C=O) groups is 2. The lowest BCUT2D eigenvalue weighted by Crippen LogP contribution is -2.49. The van der Waals surface area contributed by atoms with Crippen LogP contribution >= 0.6 is 11.6 Å². The van der Waals surface area contributed by atoms with Crippen LogP contribution in [0.4, 0.5) is 4.79 Å². The third-order valence-electron chi connectivity index (χ3n) is 4.47. The maximum absolute atomic E-state index is 12.7. The average Bonchev–Trinajstić information content (AvgIpc) is 2.67. The van der Waals surface area contributed by atoms with E-state index in [9.17, 15) is 9.59 Å². The molecule has 1 saturated carbocycles. The highest BCUT2D eigenvalue weighted by Gasteiger charge is 2.51. The van der Waals surface area contributed by atoms with Crippen molar-refractivity contribution in [3.8, 4) is 0 Å². The zero-order chi connectivity index (χ0) is 15.0.